The van der Waals surface area contributed by atoms with Crippen molar-refractivity contribution < 1.29 is 10.0 Å². The van der Waals surface area contributed by atoms with E-state index < -0.39 is 16.4 Å². The number of para-hydroxylation sites is 1. The van der Waals surface area contributed by atoms with E-state index in [4.69, 9.17) is 11.6 Å². The molecule has 0 aliphatic rings. The van der Waals surface area contributed by atoms with Crippen molar-refractivity contribution in [2.75, 3.05) is 6.26 Å². The van der Waals surface area contributed by atoms with Gasteiger partial charge in [-0.1, -0.05) is 23.7 Å². The zero-order valence-electron chi connectivity index (χ0n) is 11.0. The Morgan fingerprint density at radius 1 is 1.38 bits per heavy atom. The number of thioether (sulfide) groups is 1. The van der Waals surface area contributed by atoms with Crippen LogP contribution >= 0.6 is 23.4 Å². The second-order valence-corrected chi connectivity index (χ2v) is 5.33. The van der Waals surface area contributed by atoms with Crippen molar-refractivity contribution in [3.8, 4) is 5.75 Å². The molecule has 0 bridgehead atoms. The zero-order valence-corrected chi connectivity index (χ0v) is 12.6. The lowest BCUT2D eigenvalue weighted by Crippen LogP contribution is -1.92. The van der Waals surface area contributed by atoms with E-state index in [2.05, 4.69) is 4.99 Å². The number of nitro groups is 1. The highest BCUT2D eigenvalue weighted by molar-refractivity contribution is 7.98. The van der Waals surface area contributed by atoms with E-state index in [0.717, 1.165) is 11.0 Å². The summed E-state index contributed by atoms with van der Waals surface area (Å²) in [5.41, 5.74) is 0.472. The van der Waals surface area contributed by atoms with Crippen LogP contribution in [0.3, 0.4) is 0 Å². The molecule has 0 unspecified atom stereocenters. The number of hydrogen-bond donors (Lipinski definition) is 1. The molecule has 0 heterocycles. The minimum atomic E-state index is -0.686. The fraction of sp³-hybridized carbons (Fsp3) is 0.0714. The number of nitro benzene ring substituents is 1. The third-order valence-electron chi connectivity index (χ3n) is 2.71. The summed E-state index contributed by atoms with van der Waals surface area (Å²) in [5, 5.41) is 20.9. The summed E-state index contributed by atoms with van der Waals surface area (Å²) >= 11 is 7.36. The summed E-state index contributed by atoms with van der Waals surface area (Å²) in [5.74, 6) is -0.449. The second kappa shape index (κ2) is 6.60. The molecule has 7 heteroatoms. The highest BCUT2D eigenvalue weighted by Gasteiger charge is 2.17. The number of hydrogen-bond acceptors (Lipinski definition) is 5. The van der Waals surface area contributed by atoms with Gasteiger partial charge >= 0.3 is 5.69 Å². The molecule has 2 rings (SSSR count). The number of benzene rings is 2. The molecule has 2 aromatic carbocycles. The number of phenolic OH excluding ortho intramolecular Hbond substituents is 1. The van der Waals surface area contributed by atoms with Crippen LogP contribution in [0.1, 0.15) is 5.56 Å². The SMILES string of the molecule is CSc1ccccc1N=Cc1cc(Cl)cc([N+](=O)[O-])c1O. The van der Waals surface area contributed by atoms with Gasteiger partial charge in [-0.05, 0) is 24.5 Å². The maximum Gasteiger partial charge on any atom is 0.312 e. The average Bonchev–Trinajstić information content (AvgIpc) is 2.47. The van der Waals surface area contributed by atoms with Gasteiger partial charge in [-0.3, -0.25) is 15.1 Å². The van der Waals surface area contributed by atoms with E-state index in [0.29, 0.717) is 5.69 Å². The van der Waals surface area contributed by atoms with Crippen LogP contribution in [0, 0.1) is 10.1 Å². The van der Waals surface area contributed by atoms with Gasteiger partial charge in [0, 0.05) is 27.8 Å². The molecule has 0 atom stereocenters. The van der Waals surface area contributed by atoms with Crippen molar-refractivity contribution in [3.63, 3.8) is 0 Å². The minimum absolute atomic E-state index is 0.166. The Morgan fingerprint density at radius 3 is 2.76 bits per heavy atom. The van der Waals surface area contributed by atoms with Gasteiger partial charge < -0.3 is 5.11 Å². The topological polar surface area (TPSA) is 75.7 Å². The molecule has 0 aromatic heterocycles. The Balaban J connectivity index is 2.44. The number of nitrogens with zero attached hydrogens (tertiary/aromatic N) is 2. The fourth-order valence-electron chi connectivity index (χ4n) is 1.72. The number of rotatable bonds is 4. The van der Waals surface area contributed by atoms with E-state index in [1.165, 1.54) is 24.0 Å². The summed E-state index contributed by atoms with van der Waals surface area (Å²) in [6.07, 6.45) is 3.29. The summed E-state index contributed by atoms with van der Waals surface area (Å²) in [7, 11) is 0. The van der Waals surface area contributed by atoms with Crippen molar-refractivity contribution in [3.05, 3.63) is 57.1 Å². The lowest BCUT2D eigenvalue weighted by atomic mass is 10.2. The van der Waals surface area contributed by atoms with Crippen LogP contribution in [-0.2, 0) is 0 Å². The van der Waals surface area contributed by atoms with E-state index in [1.54, 1.807) is 0 Å². The molecule has 0 radical (unpaired) electrons. The van der Waals surface area contributed by atoms with E-state index >= 15 is 0 Å². The third-order valence-corrected chi connectivity index (χ3v) is 3.71. The van der Waals surface area contributed by atoms with E-state index in [1.807, 2.05) is 30.5 Å². The lowest BCUT2D eigenvalue weighted by Gasteiger charge is -2.03. The smallest absolute Gasteiger partial charge is 0.312 e. The Hall–Kier alpha value is -2.05. The van der Waals surface area contributed by atoms with Gasteiger partial charge in [0.15, 0.2) is 0 Å². The van der Waals surface area contributed by atoms with Crippen LogP contribution in [0.15, 0.2) is 46.3 Å². The quantitative estimate of drug-likeness (QED) is 0.391. The van der Waals surface area contributed by atoms with Crippen molar-refractivity contribution in [1.29, 1.82) is 0 Å². The zero-order chi connectivity index (χ0) is 15.4. The van der Waals surface area contributed by atoms with Crippen molar-refractivity contribution >= 4 is 41.0 Å². The van der Waals surface area contributed by atoms with E-state index in [9.17, 15) is 15.2 Å². The van der Waals surface area contributed by atoms with Gasteiger partial charge in [-0.2, -0.15) is 0 Å². The first-order valence-electron chi connectivity index (χ1n) is 5.87. The molecule has 21 heavy (non-hydrogen) atoms. The first-order chi connectivity index (χ1) is 10.0. The summed E-state index contributed by atoms with van der Waals surface area (Å²) in [4.78, 5) is 15.4. The molecule has 2 aromatic rings. The largest absolute Gasteiger partial charge is 0.502 e. The summed E-state index contributed by atoms with van der Waals surface area (Å²) < 4.78 is 0. The van der Waals surface area contributed by atoms with Crippen LogP contribution < -0.4 is 0 Å². The van der Waals surface area contributed by atoms with Crippen molar-refractivity contribution in [1.82, 2.24) is 0 Å². The van der Waals surface area contributed by atoms with Gasteiger partial charge in [0.1, 0.15) is 0 Å². The molecule has 0 fully saturated rings. The number of halogens is 1. The maximum absolute atomic E-state index is 10.8. The Bertz CT molecular complexity index is 719. The molecule has 0 aliphatic carbocycles. The first-order valence-corrected chi connectivity index (χ1v) is 7.47. The van der Waals surface area contributed by atoms with Gasteiger partial charge in [0.25, 0.3) is 0 Å². The molecule has 0 aliphatic heterocycles. The normalized spacial score (nSPS) is 11.0. The van der Waals surface area contributed by atoms with Gasteiger partial charge in [0.05, 0.1) is 10.6 Å². The third kappa shape index (κ3) is 3.53. The molecule has 0 amide bonds. The van der Waals surface area contributed by atoms with Crippen LogP contribution in [0.5, 0.6) is 5.75 Å². The Labute approximate surface area is 130 Å². The molecule has 5 nitrogen and oxygen atoms in total. The van der Waals surface area contributed by atoms with Crippen LogP contribution in [-0.4, -0.2) is 22.5 Å². The molecule has 0 saturated carbocycles. The maximum atomic E-state index is 10.8. The van der Waals surface area contributed by atoms with Crippen LogP contribution in [0.25, 0.3) is 0 Å². The highest BCUT2D eigenvalue weighted by Crippen LogP contribution is 2.33. The minimum Gasteiger partial charge on any atom is -0.502 e. The van der Waals surface area contributed by atoms with Gasteiger partial charge in [-0.25, -0.2) is 0 Å². The van der Waals surface area contributed by atoms with Crippen LogP contribution in [0.4, 0.5) is 11.4 Å². The number of phenols is 1. The number of aromatic hydroxyl groups is 1. The van der Waals surface area contributed by atoms with E-state index in [-0.39, 0.29) is 10.6 Å². The molecule has 0 spiro atoms. The predicted molar refractivity (Wildman–Crippen MR) is 85.2 cm³/mol. The molecule has 1 N–H and O–H groups in total. The molecule has 0 saturated heterocycles. The first kappa shape index (κ1) is 15.3. The highest BCUT2D eigenvalue weighted by atomic mass is 35.5. The van der Waals surface area contributed by atoms with Gasteiger partial charge in [-0.15, -0.1) is 11.8 Å². The molecule has 108 valence electrons. The fourth-order valence-corrected chi connectivity index (χ4v) is 2.48. The molecular formula is C14H11ClN2O3S. The monoisotopic (exact) mass is 322 g/mol. The van der Waals surface area contributed by atoms with Gasteiger partial charge in [0.2, 0.25) is 5.75 Å². The Kier molecular flexibility index (Phi) is 4.82. The average molecular weight is 323 g/mol. The Morgan fingerprint density at radius 2 is 2.10 bits per heavy atom. The second-order valence-electron chi connectivity index (χ2n) is 4.05. The summed E-state index contributed by atoms with van der Waals surface area (Å²) in [6.45, 7) is 0. The lowest BCUT2D eigenvalue weighted by molar-refractivity contribution is -0.385. The summed E-state index contributed by atoms with van der Waals surface area (Å²) in [6, 6.07) is 9.99. The number of aliphatic imine (C=N–C) groups is 1. The standard InChI is InChI=1S/C14H11ClN2O3S/c1-21-13-5-3-2-4-11(13)16-8-9-6-10(15)7-12(14(9)18)17(19)20/h2-8,18H,1H3. The van der Waals surface area contributed by atoms with Crippen molar-refractivity contribution in [2.45, 2.75) is 4.90 Å². The predicted octanol–water partition coefficient (Wildman–Crippen LogP) is 4.43. The van der Waals surface area contributed by atoms with Crippen LogP contribution in [0.2, 0.25) is 5.02 Å². The molecular weight excluding hydrogens is 312 g/mol. The van der Waals surface area contributed by atoms with Crippen molar-refractivity contribution in [2.24, 2.45) is 4.99 Å².